The van der Waals surface area contributed by atoms with Crippen LogP contribution in [0.1, 0.15) is 45.6 Å². The van der Waals surface area contributed by atoms with Gasteiger partial charge in [0.2, 0.25) is 0 Å². The predicted octanol–water partition coefficient (Wildman–Crippen LogP) is 2.17. The zero-order valence-corrected chi connectivity index (χ0v) is 19.7. The van der Waals surface area contributed by atoms with Gasteiger partial charge in [0.1, 0.15) is 24.4 Å². The van der Waals surface area contributed by atoms with E-state index in [1.807, 2.05) is 31.2 Å². The number of rotatable bonds is 8. The second kappa shape index (κ2) is 9.80. The number of hydrogen-bond acceptors (Lipinski definition) is 6. The number of imide groups is 1. The monoisotopic (exact) mass is 459 g/mol. The summed E-state index contributed by atoms with van der Waals surface area (Å²) >= 11 is 0. The van der Waals surface area contributed by atoms with E-state index in [0.717, 1.165) is 16.9 Å². The number of carbonyl (C=O) groups excluding carboxylic acids is 4. The van der Waals surface area contributed by atoms with Crippen molar-refractivity contribution >= 4 is 23.8 Å². The van der Waals surface area contributed by atoms with E-state index >= 15 is 0 Å². The van der Waals surface area contributed by atoms with Crippen molar-refractivity contribution in [2.24, 2.45) is 11.3 Å². The van der Waals surface area contributed by atoms with Gasteiger partial charge in [0.05, 0.1) is 6.54 Å². The molecule has 1 heterocycles. The highest BCUT2D eigenvalue weighted by Gasteiger charge is 2.56. The molecule has 1 aliphatic heterocycles. The number of nitrogens with one attached hydrogen (secondary N) is 2. The highest BCUT2D eigenvalue weighted by molar-refractivity contribution is 6.08. The van der Waals surface area contributed by atoms with Crippen LogP contribution in [0, 0.1) is 18.3 Å². The zero-order chi connectivity index (χ0) is 24.2. The van der Waals surface area contributed by atoms with Gasteiger partial charge in [-0.05, 0) is 55.2 Å². The Labute approximate surface area is 194 Å². The van der Waals surface area contributed by atoms with Crippen LogP contribution in [0.15, 0.2) is 24.3 Å². The van der Waals surface area contributed by atoms with Crippen LogP contribution < -0.4 is 15.4 Å². The third-order valence-electron chi connectivity index (χ3n) is 5.96. The van der Waals surface area contributed by atoms with E-state index < -0.39 is 42.5 Å². The number of ether oxygens (including phenoxy) is 2. The molecule has 1 aliphatic carbocycles. The molecule has 0 aromatic heterocycles. The Balaban J connectivity index is 1.41. The minimum atomic E-state index is -0.979. The maximum absolute atomic E-state index is 13.1. The summed E-state index contributed by atoms with van der Waals surface area (Å²) in [5, 5.41) is 5.41. The first-order valence-corrected chi connectivity index (χ1v) is 11.3. The summed E-state index contributed by atoms with van der Waals surface area (Å²) in [5.41, 5.74) is -0.00731. The van der Waals surface area contributed by atoms with Gasteiger partial charge in [0, 0.05) is 0 Å². The van der Waals surface area contributed by atoms with E-state index in [1.54, 1.807) is 0 Å². The van der Waals surface area contributed by atoms with Crippen molar-refractivity contribution in [1.29, 1.82) is 0 Å². The predicted molar refractivity (Wildman–Crippen MR) is 120 cm³/mol. The minimum absolute atomic E-state index is 0.0989. The quantitative estimate of drug-likeness (QED) is 0.350. The van der Waals surface area contributed by atoms with Crippen molar-refractivity contribution < 1.29 is 28.7 Å². The number of aryl methyl sites for hydroxylation is 1. The summed E-state index contributed by atoms with van der Waals surface area (Å²) in [4.78, 5) is 50.5. The Morgan fingerprint density at radius 2 is 2.00 bits per heavy atom. The first-order valence-electron chi connectivity index (χ1n) is 11.3. The first kappa shape index (κ1) is 24.5. The molecule has 2 atom stereocenters. The Morgan fingerprint density at radius 1 is 1.24 bits per heavy atom. The Morgan fingerprint density at radius 3 is 2.70 bits per heavy atom. The number of nitrogens with zero attached hydrogens (tertiary/aromatic N) is 1. The van der Waals surface area contributed by atoms with Crippen LogP contribution in [-0.4, -0.2) is 60.6 Å². The van der Waals surface area contributed by atoms with Crippen LogP contribution >= 0.6 is 0 Å². The van der Waals surface area contributed by atoms with Crippen LogP contribution in [-0.2, 0) is 19.1 Å². The zero-order valence-electron chi connectivity index (χ0n) is 19.7. The van der Waals surface area contributed by atoms with Crippen LogP contribution in [0.3, 0.4) is 0 Å². The summed E-state index contributed by atoms with van der Waals surface area (Å²) in [6, 6.07) is 6.95. The van der Waals surface area contributed by atoms with Gasteiger partial charge in [-0.15, -0.1) is 0 Å². The van der Waals surface area contributed by atoms with Gasteiger partial charge < -0.3 is 20.1 Å². The van der Waals surface area contributed by atoms with Crippen molar-refractivity contribution in [3.05, 3.63) is 29.8 Å². The van der Waals surface area contributed by atoms with Gasteiger partial charge in [-0.25, -0.2) is 4.79 Å². The van der Waals surface area contributed by atoms with E-state index in [9.17, 15) is 19.2 Å². The molecular formula is C24H33N3O6. The highest BCUT2D eigenvalue weighted by Crippen LogP contribution is 2.46. The van der Waals surface area contributed by atoms with E-state index in [1.165, 1.54) is 0 Å². The first-order chi connectivity index (χ1) is 15.5. The van der Waals surface area contributed by atoms with Crippen molar-refractivity contribution in [1.82, 2.24) is 15.5 Å². The number of amides is 4. The molecule has 2 fully saturated rings. The molecule has 1 aromatic carbocycles. The summed E-state index contributed by atoms with van der Waals surface area (Å²) in [6.45, 7) is 7.65. The molecule has 9 nitrogen and oxygen atoms in total. The molecule has 0 bridgehead atoms. The van der Waals surface area contributed by atoms with Crippen molar-refractivity contribution in [2.75, 3.05) is 26.3 Å². The Bertz CT molecular complexity index is 931. The number of benzene rings is 1. The molecule has 9 heteroatoms. The summed E-state index contributed by atoms with van der Waals surface area (Å²) in [5.74, 6) is -0.736. The summed E-state index contributed by atoms with van der Waals surface area (Å²) < 4.78 is 10.5. The van der Waals surface area contributed by atoms with Crippen molar-refractivity contribution in [2.45, 2.75) is 52.5 Å². The number of esters is 1. The van der Waals surface area contributed by atoms with Gasteiger partial charge in [-0.2, -0.15) is 0 Å². The smallest absolute Gasteiger partial charge is 0.326 e. The summed E-state index contributed by atoms with van der Waals surface area (Å²) in [7, 11) is 0. The van der Waals surface area contributed by atoms with Gasteiger partial charge in [0.25, 0.3) is 11.8 Å². The van der Waals surface area contributed by atoms with Gasteiger partial charge in [-0.1, -0.05) is 32.9 Å². The SMILES string of the molecule is Cc1cccc(OCCNC(=O)COC(=O)CN2C(=O)NC3(CC(C)CC(C)(C)C3)C2=O)c1. The van der Waals surface area contributed by atoms with Crippen molar-refractivity contribution in [3.8, 4) is 5.75 Å². The highest BCUT2D eigenvalue weighted by atomic mass is 16.5. The lowest BCUT2D eigenvalue weighted by molar-refractivity contribution is -0.151. The second-order valence-electron chi connectivity index (χ2n) is 9.93. The van der Waals surface area contributed by atoms with E-state index in [-0.39, 0.29) is 24.5 Å². The maximum atomic E-state index is 13.1. The lowest BCUT2D eigenvalue weighted by Crippen LogP contribution is -2.54. The molecule has 1 aromatic rings. The topological polar surface area (TPSA) is 114 Å². The van der Waals surface area contributed by atoms with Gasteiger partial charge >= 0.3 is 12.0 Å². The molecule has 0 radical (unpaired) electrons. The average Bonchev–Trinajstić information content (AvgIpc) is 2.91. The molecule has 180 valence electrons. The fourth-order valence-corrected chi connectivity index (χ4v) is 5.09. The maximum Gasteiger partial charge on any atom is 0.326 e. The lowest BCUT2D eigenvalue weighted by atomic mass is 9.64. The Hall–Kier alpha value is -3.10. The summed E-state index contributed by atoms with van der Waals surface area (Å²) in [6.07, 6.45) is 2.03. The molecular weight excluding hydrogens is 426 g/mol. The largest absolute Gasteiger partial charge is 0.492 e. The molecule has 2 aliphatic rings. The van der Waals surface area contributed by atoms with Crippen LogP contribution in [0.25, 0.3) is 0 Å². The molecule has 1 saturated carbocycles. The van der Waals surface area contributed by atoms with Crippen LogP contribution in [0.5, 0.6) is 5.75 Å². The normalized spacial score (nSPS) is 23.9. The molecule has 33 heavy (non-hydrogen) atoms. The van der Waals surface area contributed by atoms with Crippen molar-refractivity contribution in [3.63, 3.8) is 0 Å². The Kier molecular flexibility index (Phi) is 7.29. The van der Waals surface area contributed by atoms with Crippen LogP contribution in [0.2, 0.25) is 0 Å². The second-order valence-corrected chi connectivity index (χ2v) is 9.93. The minimum Gasteiger partial charge on any atom is -0.492 e. The fraction of sp³-hybridized carbons (Fsp3) is 0.583. The number of hydrogen-bond donors (Lipinski definition) is 2. The van der Waals surface area contributed by atoms with Crippen LogP contribution in [0.4, 0.5) is 4.79 Å². The van der Waals surface area contributed by atoms with Gasteiger partial charge in [-0.3, -0.25) is 19.3 Å². The fourth-order valence-electron chi connectivity index (χ4n) is 5.09. The standard InChI is InChI=1S/C24H33N3O6/c1-16-6-5-7-18(10-16)32-9-8-25-19(28)14-33-20(29)13-27-21(30)24(26-22(27)31)12-17(2)11-23(3,4)15-24/h5-7,10,17H,8-9,11-15H2,1-4H3,(H,25,28)(H,26,31). The van der Waals surface area contributed by atoms with E-state index in [0.29, 0.717) is 18.6 Å². The lowest BCUT2D eigenvalue weighted by Gasteiger charge is -2.43. The molecule has 4 amide bonds. The van der Waals surface area contributed by atoms with Gasteiger partial charge in [0.15, 0.2) is 6.61 Å². The van der Waals surface area contributed by atoms with E-state index in [2.05, 4.69) is 31.4 Å². The number of carbonyl (C=O) groups is 4. The number of urea groups is 1. The molecule has 3 rings (SSSR count). The molecule has 1 spiro atoms. The molecule has 1 saturated heterocycles. The third-order valence-corrected chi connectivity index (χ3v) is 5.96. The van der Waals surface area contributed by atoms with E-state index in [4.69, 9.17) is 9.47 Å². The third kappa shape index (κ3) is 6.24. The molecule has 2 unspecified atom stereocenters. The average molecular weight is 460 g/mol. The molecule has 2 N–H and O–H groups in total.